The van der Waals surface area contributed by atoms with Crippen molar-refractivity contribution in [3.63, 3.8) is 0 Å². The third kappa shape index (κ3) is 10.1. The molecule has 0 atom stereocenters. The summed E-state index contributed by atoms with van der Waals surface area (Å²) >= 11 is 0. The number of hydrogen-bond donors (Lipinski definition) is 1. The average Bonchev–Trinajstić information content (AvgIpc) is 3.77. The number of ether oxygens (including phenoxy) is 4. The molecule has 1 aromatic carbocycles. The molecule has 4 heterocycles. The van der Waals surface area contributed by atoms with Crippen LogP contribution in [0.4, 0.5) is 5.69 Å². The maximum absolute atomic E-state index is 10.4. The predicted molar refractivity (Wildman–Crippen MR) is 167 cm³/mol. The molecule has 13 heteroatoms. The molecule has 0 spiro atoms. The minimum atomic E-state index is -0.864. The molecule has 0 radical (unpaired) electrons. The zero-order valence-corrected chi connectivity index (χ0v) is 25.6. The van der Waals surface area contributed by atoms with Crippen molar-refractivity contribution < 1.29 is 33.3 Å². The molecule has 3 aromatic heterocycles. The van der Waals surface area contributed by atoms with Crippen LogP contribution in [0.2, 0.25) is 0 Å². The molecule has 0 unspecified atom stereocenters. The molecule has 1 fully saturated rings. The van der Waals surface area contributed by atoms with E-state index in [4.69, 9.17) is 33.5 Å². The lowest BCUT2D eigenvalue weighted by atomic mass is 10.1. The molecule has 1 saturated heterocycles. The number of aliphatic carboxylic acids is 1. The minimum absolute atomic E-state index is 0.00723. The standard InChI is InChI=1S/C32H42N6O7/c39-31(40)9-16-41-18-20-43-22-23-44-21-19-42-17-14-36-10-12-37(13-11-36)27-5-3-26(4-6-27)29-24-33-30(38-25-34-35-32(29)38)8-7-28-2-1-15-45-28/h1-6,15,24-25H,7-14,16-23H2,(H,39,40). The summed E-state index contributed by atoms with van der Waals surface area (Å²) in [6.45, 7) is 8.53. The van der Waals surface area contributed by atoms with E-state index in [0.29, 0.717) is 46.2 Å². The summed E-state index contributed by atoms with van der Waals surface area (Å²) in [6.07, 6.45) is 6.83. The highest BCUT2D eigenvalue weighted by Gasteiger charge is 2.18. The zero-order valence-electron chi connectivity index (χ0n) is 25.6. The summed E-state index contributed by atoms with van der Waals surface area (Å²) in [7, 11) is 0. The highest BCUT2D eigenvalue weighted by Crippen LogP contribution is 2.27. The second kappa shape index (κ2) is 17.6. The third-order valence-corrected chi connectivity index (χ3v) is 7.63. The first kappa shape index (κ1) is 32.5. The largest absolute Gasteiger partial charge is 0.481 e. The molecule has 242 valence electrons. The molecule has 5 rings (SSSR count). The quantitative estimate of drug-likeness (QED) is 0.145. The van der Waals surface area contributed by atoms with E-state index in [2.05, 4.69) is 44.3 Å². The van der Waals surface area contributed by atoms with Gasteiger partial charge in [-0.05, 0) is 29.8 Å². The van der Waals surface area contributed by atoms with Gasteiger partial charge in [0.25, 0.3) is 0 Å². The molecule has 1 N–H and O–H groups in total. The number of aryl methyl sites for hydroxylation is 2. The van der Waals surface area contributed by atoms with E-state index in [0.717, 1.165) is 73.9 Å². The van der Waals surface area contributed by atoms with E-state index >= 15 is 0 Å². The van der Waals surface area contributed by atoms with Crippen molar-refractivity contribution in [2.24, 2.45) is 0 Å². The fourth-order valence-corrected chi connectivity index (χ4v) is 5.14. The lowest BCUT2D eigenvalue weighted by molar-refractivity contribution is -0.138. The molecule has 4 aromatic rings. The second-order valence-corrected chi connectivity index (χ2v) is 10.7. The number of benzene rings is 1. The Morgan fingerprint density at radius 2 is 1.53 bits per heavy atom. The van der Waals surface area contributed by atoms with Crippen molar-refractivity contribution >= 4 is 17.3 Å². The van der Waals surface area contributed by atoms with E-state index in [9.17, 15) is 4.79 Å². The number of hydrogen-bond acceptors (Lipinski definition) is 11. The fraction of sp³-hybridized carbons (Fsp3) is 0.500. The van der Waals surface area contributed by atoms with Crippen molar-refractivity contribution in [2.75, 3.05) is 90.5 Å². The average molecular weight is 623 g/mol. The Morgan fingerprint density at radius 1 is 0.844 bits per heavy atom. The number of anilines is 1. The summed E-state index contributed by atoms with van der Waals surface area (Å²) in [5.41, 5.74) is 4.04. The zero-order chi connectivity index (χ0) is 31.1. The van der Waals surface area contributed by atoms with Gasteiger partial charge in [-0.1, -0.05) is 12.1 Å². The first-order valence-electron chi connectivity index (χ1n) is 15.5. The number of carbonyl (C=O) groups is 1. The van der Waals surface area contributed by atoms with Crippen molar-refractivity contribution in [2.45, 2.75) is 19.3 Å². The molecular formula is C32H42N6O7. The van der Waals surface area contributed by atoms with Gasteiger partial charge in [0.1, 0.15) is 17.9 Å². The lowest BCUT2D eigenvalue weighted by Crippen LogP contribution is -2.47. The van der Waals surface area contributed by atoms with E-state index in [1.54, 1.807) is 12.6 Å². The van der Waals surface area contributed by atoms with Crippen molar-refractivity contribution in [3.05, 3.63) is 66.8 Å². The molecule has 0 aliphatic carbocycles. The van der Waals surface area contributed by atoms with E-state index in [1.165, 1.54) is 5.69 Å². The number of nitrogens with zero attached hydrogens (tertiary/aromatic N) is 6. The van der Waals surface area contributed by atoms with E-state index in [-0.39, 0.29) is 13.0 Å². The SMILES string of the molecule is O=C(O)CCOCCOCCOCCOCCN1CCN(c2ccc(-c3cnc(CCc4ccco4)n4cnnc34)cc2)CC1. The molecule has 13 nitrogen and oxygen atoms in total. The maximum atomic E-state index is 10.4. The molecule has 45 heavy (non-hydrogen) atoms. The summed E-state index contributed by atoms with van der Waals surface area (Å²) < 4.78 is 29.3. The van der Waals surface area contributed by atoms with Crippen molar-refractivity contribution in [3.8, 4) is 11.1 Å². The second-order valence-electron chi connectivity index (χ2n) is 10.7. The van der Waals surface area contributed by atoms with Crippen LogP contribution in [-0.2, 0) is 36.6 Å². The Hall–Kier alpha value is -3.88. The topological polar surface area (TPSA) is 137 Å². The number of aromatic nitrogens is 4. The van der Waals surface area contributed by atoms with Gasteiger partial charge in [0.2, 0.25) is 0 Å². The van der Waals surface area contributed by atoms with E-state index in [1.807, 2.05) is 22.7 Å². The highest BCUT2D eigenvalue weighted by atomic mass is 16.6. The number of fused-ring (bicyclic) bond motifs is 1. The molecule has 0 bridgehead atoms. The predicted octanol–water partition coefficient (Wildman–Crippen LogP) is 2.83. The summed E-state index contributed by atoms with van der Waals surface area (Å²) in [5, 5.41) is 17.1. The molecule has 0 saturated carbocycles. The highest BCUT2D eigenvalue weighted by molar-refractivity contribution is 5.77. The minimum Gasteiger partial charge on any atom is -0.481 e. The Morgan fingerprint density at radius 3 is 2.20 bits per heavy atom. The van der Waals surface area contributed by atoms with Crippen LogP contribution in [0.1, 0.15) is 18.0 Å². The Bertz CT molecular complexity index is 1420. The van der Waals surface area contributed by atoms with Gasteiger partial charge in [0.05, 0.1) is 65.5 Å². The number of carboxylic acids is 1. The monoisotopic (exact) mass is 622 g/mol. The van der Waals surface area contributed by atoms with Gasteiger partial charge in [-0.25, -0.2) is 4.98 Å². The molecular weight excluding hydrogens is 580 g/mol. The molecule has 1 aliphatic rings. The summed E-state index contributed by atoms with van der Waals surface area (Å²) in [6, 6.07) is 12.5. The fourth-order valence-electron chi connectivity index (χ4n) is 5.14. The smallest absolute Gasteiger partial charge is 0.305 e. The van der Waals surface area contributed by atoms with Crippen LogP contribution < -0.4 is 4.90 Å². The van der Waals surface area contributed by atoms with Gasteiger partial charge < -0.3 is 33.4 Å². The maximum Gasteiger partial charge on any atom is 0.305 e. The van der Waals surface area contributed by atoms with Crippen LogP contribution in [-0.4, -0.2) is 121 Å². The van der Waals surface area contributed by atoms with Gasteiger partial charge in [-0.15, -0.1) is 10.2 Å². The number of furan rings is 1. The van der Waals surface area contributed by atoms with Crippen LogP contribution in [0.3, 0.4) is 0 Å². The van der Waals surface area contributed by atoms with Gasteiger partial charge in [0, 0.05) is 63.0 Å². The molecule has 0 amide bonds. The summed E-state index contributed by atoms with van der Waals surface area (Å²) in [4.78, 5) is 20.0. The van der Waals surface area contributed by atoms with Crippen LogP contribution in [0, 0.1) is 0 Å². The normalized spacial score (nSPS) is 14.0. The number of carboxylic acid groups (broad SMARTS) is 1. The van der Waals surface area contributed by atoms with Gasteiger partial charge in [-0.3, -0.25) is 14.1 Å². The van der Waals surface area contributed by atoms with Crippen molar-refractivity contribution in [1.29, 1.82) is 0 Å². The Labute approximate surface area is 262 Å². The first-order valence-corrected chi connectivity index (χ1v) is 15.5. The number of piperazine rings is 1. The lowest BCUT2D eigenvalue weighted by Gasteiger charge is -2.36. The van der Waals surface area contributed by atoms with Gasteiger partial charge in [-0.2, -0.15) is 0 Å². The number of rotatable bonds is 20. The van der Waals surface area contributed by atoms with E-state index < -0.39 is 5.97 Å². The third-order valence-electron chi connectivity index (χ3n) is 7.63. The Kier molecular flexibility index (Phi) is 12.7. The van der Waals surface area contributed by atoms with Crippen molar-refractivity contribution in [1.82, 2.24) is 24.5 Å². The molecule has 1 aliphatic heterocycles. The first-order chi connectivity index (χ1) is 22.2. The Balaban J connectivity index is 0.950. The van der Waals surface area contributed by atoms with Crippen LogP contribution >= 0.6 is 0 Å². The van der Waals surface area contributed by atoms with Gasteiger partial charge >= 0.3 is 5.97 Å². The van der Waals surface area contributed by atoms with Crippen LogP contribution in [0.25, 0.3) is 16.8 Å². The van der Waals surface area contributed by atoms with Crippen LogP contribution in [0.15, 0.2) is 59.6 Å². The van der Waals surface area contributed by atoms with Crippen LogP contribution in [0.5, 0.6) is 0 Å². The van der Waals surface area contributed by atoms with Gasteiger partial charge in [0.15, 0.2) is 5.65 Å². The summed E-state index contributed by atoms with van der Waals surface area (Å²) in [5.74, 6) is 0.974.